The molecule has 0 aliphatic carbocycles. The third-order valence-corrected chi connectivity index (χ3v) is 5.81. The minimum absolute atomic E-state index is 0.00464. The molecule has 3 heterocycles. The Hall–Kier alpha value is -2.87. The van der Waals surface area contributed by atoms with Gasteiger partial charge in [-0.05, 0) is 44.2 Å². The van der Waals surface area contributed by atoms with Crippen LogP contribution in [0.15, 0.2) is 36.5 Å². The average molecular weight is 413 g/mol. The van der Waals surface area contributed by atoms with Crippen LogP contribution >= 0.6 is 11.3 Å². The number of aromatic nitrogens is 2. The molecule has 0 radical (unpaired) electrons. The van der Waals surface area contributed by atoms with Crippen molar-refractivity contribution in [3.05, 3.63) is 42.1 Å². The average Bonchev–Trinajstić information content (AvgIpc) is 3.17. The van der Waals surface area contributed by atoms with Crippen LogP contribution in [0.3, 0.4) is 0 Å². The Morgan fingerprint density at radius 3 is 2.62 bits per heavy atom. The number of hydrogen-bond acceptors (Lipinski definition) is 7. The van der Waals surface area contributed by atoms with Crippen LogP contribution in [0.4, 0.5) is 5.13 Å². The fraction of sp³-hybridized carbons (Fsp3) is 0.381. The number of rotatable bonds is 5. The van der Waals surface area contributed by atoms with Crippen molar-refractivity contribution >= 4 is 32.7 Å². The van der Waals surface area contributed by atoms with Gasteiger partial charge in [0.05, 0.1) is 13.2 Å². The van der Waals surface area contributed by atoms with Crippen LogP contribution in [0.5, 0.6) is 11.5 Å². The third-order valence-electron chi connectivity index (χ3n) is 4.77. The van der Waals surface area contributed by atoms with Gasteiger partial charge in [-0.2, -0.15) is 0 Å². The fourth-order valence-corrected chi connectivity index (χ4v) is 4.29. The highest BCUT2D eigenvalue weighted by molar-refractivity contribution is 7.21. The van der Waals surface area contributed by atoms with Gasteiger partial charge in [0.25, 0.3) is 5.91 Å². The zero-order chi connectivity index (χ0) is 20.4. The van der Waals surface area contributed by atoms with Gasteiger partial charge in [0, 0.05) is 37.9 Å². The summed E-state index contributed by atoms with van der Waals surface area (Å²) in [6.07, 6.45) is 1.82. The summed E-state index contributed by atoms with van der Waals surface area (Å²) in [6.45, 7) is 6.71. The smallest absolute Gasteiger partial charge is 0.254 e. The van der Waals surface area contributed by atoms with Crippen LogP contribution in [-0.4, -0.2) is 60.2 Å². The Morgan fingerprint density at radius 2 is 1.93 bits per heavy atom. The summed E-state index contributed by atoms with van der Waals surface area (Å²) < 4.78 is 11.1. The second-order valence-corrected chi connectivity index (χ2v) is 8.09. The quantitative estimate of drug-likeness (QED) is 0.639. The maximum atomic E-state index is 13.0. The lowest BCUT2D eigenvalue weighted by Crippen LogP contribution is -2.48. The minimum atomic E-state index is 0.00464. The molecular weight excluding hydrogens is 388 g/mol. The zero-order valence-electron chi connectivity index (χ0n) is 16.8. The van der Waals surface area contributed by atoms with Gasteiger partial charge < -0.3 is 19.3 Å². The van der Waals surface area contributed by atoms with Crippen molar-refractivity contribution in [2.24, 2.45) is 0 Å². The van der Waals surface area contributed by atoms with Crippen molar-refractivity contribution in [1.82, 2.24) is 14.9 Å². The molecule has 1 aliphatic rings. The lowest BCUT2D eigenvalue weighted by atomic mass is 10.1. The SMILES string of the molecule is COc1cc(C(=O)N2CCN(c3nc4cccnc4s3)CC2)ccc1OC(C)C. The van der Waals surface area contributed by atoms with E-state index in [0.29, 0.717) is 30.2 Å². The fourth-order valence-electron chi connectivity index (χ4n) is 3.33. The number of carbonyl (C=O) groups excluding carboxylic acids is 1. The number of anilines is 1. The van der Waals surface area contributed by atoms with Gasteiger partial charge in [-0.15, -0.1) is 0 Å². The standard InChI is InChI=1S/C21H24N4O3S/c1-14(2)28-17-7-6-15(13-18(17)27-3)20(26)24-9-11-25(12-10-24)21-23-16-5-4-8-22-19(16)29-21/h4-8,13-14H,9-12H2,1-3H3. The number of methoxy groups -OCH3 is 1. The maximum Gasteiger partial charge on any atom is 0.254 e. The molecule has 0 unspecified atom stereocenters. The second-order valence-electron chi connectivity index (χ2n) is 7.14. The van der Waals surface area contributed by atoms with E-state index in [0.717, 1.165) is 28.6 Å². The molecule has 0 atom stereocenters. The van der Waals surface area contributed by atoms with Gasteiger partial charge in [0.1, 0.15) is 10.3 Å². The first-order chi connectivity index (χ1) is 14.0. The molecule has 4 rings (SSSR count). The number of pyridine rings is 1. The van der Waals surface area contributed by atoms with Crippen molar-refractivity contribution in [1.29, 1.82) is 0 Å². The molecule has 0 spiro atoms. The Morgan fingerprint density at radius 1 is 1.14 bits per heavy atom. The van der Waals surface area contributed by atoms with Gasteiger partial charge in [-0.3, -0.25) is 4.79 Å². The molecule has 1 fully saturated rings. The first-order valence-corrected chi connectivity index (χ1v) is 10.5. The number of benzene rings is 1. The zero-order valence-corrected chi connectivity index (χ0v) is 17.6. The van der Waals surface area contributed by atoms with E-state index < -0.39 is 0 Å². The van der Waals surface area contributed by atoms with E-state index in [4.69, 9.17) is 9.47 Å². The van der Waals surface area contributed by atoms with Crippen LogP contribution in [0.1, 0.15) is 24.2 Å². The Kier molecular flexibility index (Phi) is 5.53. The van der Waals surface area contributed by atoms with Gasteiger partial charge in [0.15, 0.2) is 16.6 Å². The van der Waals surface area contributed by atoms with E-state index in [-0.39, 0.29) is 12.0 Å². The number of hydrogen-bond donors (Lipinski definition) is 0. The van der Waals surface area contributed by atoms with Crippen LogP contribution < -0.4 is 14.4 Å². The van der Waals surface area contributed by atoms with E-state index in [1.54, 1.807) is 42.8 Å². The highest BCUT2D eigenvalue weighted by Gasteiger charge is 2.25. The number of thiazole rings is 1. The molecule has 1 amide bonds. The molecule has 152 valence electrons. The topological polar surface area (TPSA) is 67.8 Å². The van der Waals surface area contributed by atoms with E-state index in [9.17, 15) is 4.79 Å². The lowest BCUT2D eigenvalue weighted by Gasteiger charge is -2.34. The Balaban J connectivity index is 1.43. The number of fused-ring (bicyclic) bond motifs is 1. The van der Waals surface area contributed by atoms with Gasteiger partial charge in [-0.25, -0.2) is 9.97 Å². The first kappa shape index (κ1) is 19.4. The number of ether oxygens (including phenoxy) is 2. The van der Waals surface area contributed by atoms with E-state index >= 15 is 0 Å². The molecule has 2 aromatic heterocycles. The van der Waals surface area contributed by atoms with Crippen molar-refractivity contribution < 1.29 is 14.3 Å². The molecule has 1 aliphatic heterocycles. The normalized spacial score (nSPS) is 14.5. The summed E-state index contributed by atoms with van der Waals surface area (Å²) in [5, 5.41) is 0.961. The van der Waals surface area contributed by atoms with Crippen LogP contribution in [0.2, 0.25) is 0 Å². The van der Waals surface area contributed by atoms with Crippen molar-refractivity contribution in [2.45, 2.75) is 20.0 Å². The van der Waals surface area contributed by atoms with Crippen molar-refractivity contribution in [2.75, 3.05) is 38.2 Å². The van der Waals surface area contributed by atoms with E-state index in [1.165, 1.54) is 0 Å². The van der Waals surface area contributed by atoms with Crippen LogP contribution in [0.25, 0.3) is 10.3 Å². The first-order valence-electron chi connectivity index (χ1n) is 9.65. The molecular formula is C21H24N4O3S. The Bertz CT molecular complexity index is 979. The molecule has 0 bridgehead atoms. The van der Waals surface area contributed by atoms with Crippen LogP contribution in [0, 0.1) is 0 Å². The predicted molar refractivity (Wildman–Crippen MR) is 114 cm³/mol. The summed E-state index contributed by atoms with van der Waals surface area (Å²) in [5.41, 5.74) is 1.53. The van der Waals surface area contributed by atoms with Crippen LogP contribution in [-0.2, 0) is 0 Å². The largest absolute Gasteiger partial charge is 0.493 e. The molecule has 29 heavy (non-hydrogen) atoms. The number of carbonyl (C=O) groups is 1. The summed E-state index contributed by atoms with van der Waals surface area (Å²) in [6, 6.07) is 9.23. The van der Waals surface area contributed by atoms with Gasteiger partial charge in [0.2, 0.25) is 0 Å². The molecule has 1 aromatic carbocycles. The van der Waals surface area contributed by atoms with E-state index in [2.05, 4.69) is 14.9 Å². The minimum Gasteiger partial charge on any atom is -0.493 e. The summed E-state index contributed by atoms with van der Waals surface area (Å²) in [4.78, 5) is 27.0. The summed E-state index contributed by atoms with van der Waals surface area (Å²) >= 11 is 1.59. The van der Waals surface area contributed by atoms with Gasteiger partial charge >= 0.3 is 0 Å². The number of amides is 1. The van der Waals surface area contributed by atoms with Gasteiger partial charge in [-0.1, -0.05) is 11.3 Å². The molecule has 7 nitrogen and oxygen atoms in total. The summed E-state index contributed by atoms with van der Waals surface area (Å²) in [7, 11) is 1.59. The maximum absolute atomic E-state index is 13.0. The van der Waals surface area contributed by atoms with Crippen molar-refractivity contribution in [3.63, 3.8) is 0 Å². The third kappa shape index (κ3) is 4.12. The van der Waals surface area contributed by atoms with E-state index in [1.807, 2.05) is 30.9 Å². The monoisotopic (exact) mass is 412 g/mol. The highest BCUT2D eigenvalue weighted by Crippen LogP contribution is 2.30. The number of piperazine rings is 1. The molecule has 8 heteroatoms. The predicted octanol–water partition coefficient (Wildman–Crippen LogP) is 3.45. The highest BCUT2D eigenvalue weighted by atomic mass is 32.1. The molecule has 0 N–H and O–H groups in total. The lowest BCUT2D eigenvalue weighted by molar-refractivity contribution is 0.0746. The molecule has 1 saturated heterocycles. The number of nitrogens with zero attached hydrogens (tertiary/aromatic N) is 4. The second kappa shape index (κ2) is 8.24. The molecule has 0 saturated carbocycles. The molecule has 3 aromatic rings. The Labute approximate surface area is 173 Å². The van der Waals surface area contributed by atoms with Crippen molar-refractivity contribution in [3.8, 4) is 11.5 Å². The summed E-state index contributed by atoms with van der Waals surface area (Å²) in [5.74, 6) is 1.23.